The molecule has 5 nitrogen and oxygen atoms in total. The summed E-state index contributed by atoms with van der Waals surface area (Å²) in [5.41, 5.74) is 4.38. The number of carbonyl (C=O) groups excluding carboxylic acids is 1. The van der Waals surface area contributed by atoms with Crippen LogP contribution in [0.2, 0.25) is 0 Å². The number of aryl methyl sites for hydroxylation is 3. The van der Waals surface area contributed by atoms with E-state index in [0.717, 1.165) is 22.4 Å². The van der Waals surface area contributed by atoms with Crippen LogP contribution in [-0.4, -0.2) is 20.1 Å². The molecule has 27 heavy (non-hydrogen) atoms. The summed E-state index contributed by atoms with van der Waals surface area (Å²) >= 11 is 3.41. The van der Waals surface area contributed by atoms with Crippen molar-refractivity contribution in [2.45, 2.75) is 20.8 Å². The first kappa shape index (κ1) is 20.5. The molecule has 0 aliphatic heterocycles. The van der Waals surface area contributed by atoms with E-state index in [4.69, 9.17) is 9.47 Å². The molecule has 2 aromatic carbocycles. The minimum atomic E-state index is -0.460. The Kier molecular flexibility index (Phi) is 6.65. The number of hydrogen-bond donors (Lipinski definition) is 1. The topological polar surface area (TPSA) is 71.3 Å². The van der Waals surface area contributed by atoms with E-state index in [1.165, 1.54) is 13.2 Å². The molecule has 2 rings (SSSR count). The Labute approximate surface area is 167 Å². The number of hydrogen-bond acceptors (Lipinski definition) is 4. The summed E-state index contributed by atoms with van der Waals surface area (Å²) in [5, 5.41) is 12.3. The fraction of sp³-hybridized carbons (Fsp3) is 0.238. The summed E-state index contributed by atoms with van der Waals surface area (Å²) in [6.45, 7) is 5.86. The SMILES string of the molecule is COc1cc(/C=C(/C#N)C(=O)Nc2c(C)cc(C)cc2C)cc(Br)c1OC. The van der Waals surface area contributed by atoms with Crippen molar-refractivity contribution in [1.82, 2.24) is 0 Å². The normalized spacial score (nSPS) is 10.9. The summed E-state index contributed by atoms with van der Waals surface area (Å²) < 4.78 is 11.2. The lowest BCUT2D eigenvalue weighted by atomic mass is 10.0. The average Bonchev–Trinajstić information content (AvgIpc) is 2.61. The molecule has 0 radical (unpaired) electrons. The van der Waals surface area contributed by atoms with Crippen LogP contribution < -0.4 is 14.8 Å². The van der Waals surface area contributed by atoms with Gasteiger partial charge in [0.05, 0.1) is 18.7 Å². The van der Waals surface area contributed by atoms with Gasteiger partial charge < -0.3 is 14.8 Å². The van der Waals surface area contributed by atoms with Crippen molar-refractivity contribution in [1.29, 1.82) is 5.26 Å². The van der Waals surface area contributed by atoms with Crippen LogP contribution in [0.15, 0.2) is 34.3 Å². The average molecular weight is 429 g/mol. The molecule has 0 atom stereocenters. The fourth-order valence-corrected chi connectivity index (χ4v) is 3.52. The molecule has 1 N–H and O–H groups in total. The number of rotatable bonds is 5. The number of nitrogens with one attached hydrogen (secondary N) is 1. The lowest BCUT2D eigenvalue weighted by Crippen LogP contribution is -2.15. The molecular formula is C21H21BrN2O3. The Hall–Kier alpha value is -2.78. The lowest BCUT2D eigenvalue weighted by molar-refractivity contribution is -0.112. The number of amides is 1. The number of methoxy groups -OCH3 is 2. The van der Waals surface area contributed by atoms with Crippen molar-refractivity contribution >= 4 is 33.6 Å². The van der Waals surface area contributed by atoms with Gasteiger partial charge in [0.1, 0.15) is 11.6 Å². The van der Waals surface area contributed by atoms with E-state index in [2.05, 4.69) is 21.2 Å². The second kappa shape index (κ2) is 8.74. The molecule has 0 unspecified atom stereocenters. The number of benzene rings is 2. The predicted octanol–water partition coefficient (Wildman–Crippen LogP) is 4.94. The molecule has 0 aliphatic carbocycles. The Morgan fingerprint density at radius 2 is 1.74 bits per heavy atom. The highest BCUT2D eigenvalue weighted by molar-refractivity contribution is 9.10. The van der Waals surface area contributed by atoms with E-state index in [1.807, 2.05) is 39.0 Å². The number of ether oxygens (including phenoxy) is 2. The van der Waals surface area contributed by atoms with E-state index >= 15 is 0 Å². The van der Waals surface area contributed by atoms with Gasteiger partial charge in [-0.1, -0.05) is 17.7 Å². The molecule has 0 spiro atoms. The maximum atomic E-state index is 12.6. The van der Waals surface area contributed by atoms with Crippen molar-refractivity contribution in [2.24, 2.45) is 0 Å². The summed E-state index contributed by atoms with van der Waals surface area (Å²) in [6.07, 6.45) is 1.51. The van der Waals surface area contributed by atoms with Crippen molar-refractivity contribution in [2.75, 3.05) is 19.5 Å². The molecule has 0 fully saturated rings. The van der Waals surface area contributed by atoms with Crippen LogP contribution in [0.5, 0.6) is 11.5 Å². The van der Waals surface area contributed by atoms with Gasteiger partial charge in [-0.2, -0.15) is 5.26 Å². The zero-order valence-electron chi connectivity index (χ0n) is 15.9. The largest absolute Gasteiger partial charge is 0.493 e. The van der Waals surface area contributed by atoms with Crippen LogP contribution in [-0.2, 0) is 4.79 Å². The van der Waals surface area contributed by atoms with Gasteiger partial charge >= 0.3 is 0 Å². The van der Waals surface area contributed by atoms with Gasteiger partial charge in [-0.3, -0.25) is 4.79 Å². The number of nitrogens with zero attached hydrogens (tertiary/aromatic N) is 1. The van der Waals surface area contributed by atoms with E-state index < -0.39 is 5.91 Å². The highest BCUT2D eigenvalue weighted by atomic mass is 79.9. The number of carbonyl (C=O) groups is 1. The maximum Gasteiger partial charge on any atom is 0.266 e. The molecular weight excluding hydrogens is 408 g/mol. The molecule has 0 aliphatic rings. The third kappa shape index (κ3) is 4.69. The van der Waals surface area contributed by atoms with Gasteiger partial charge in [-0.25, -0.2) is 0 Å². The molecule has 0 heterocycles. The van der Waals surface area contributed by atoms with Gasteiger partial charge in [0.15, 0.2) is 11.5 Å². The lowest BCUT2D eigenvalue weighted by Gasteiger charge is -2.13. The van der Waals surface area contributed by atoms with Crippen LogP contribution in [0.25, 0.3) is 6.08 Å². The standard InChI is InChI=1S/C21H21BrN2O3/c1-12-6-13(2)19(14(3)7-12)24-21(25)16(11-23)8-15-9-17(22)20(27-5)18(10-15)26-4/h6-10H,1-5H3,(H,24,25)/b16-8-. The minimum absolute atomic E-state index is 0.00602. The quantitative estimate of drug-likeness (QED) is 0.540. The molecule has 140 valence electrons. The van der Waals surface area contributed by atoms with Crippen LogP contribution in [0.1, 0.15) is 22.3 Å². The van der Waals surface area contributed by atoms with E-state index in [1.54, 1.807) is 19.2 Å². The van der Waals surface area contributed by atoms with Crippen molar-refractivity contribution in [3.05, 3.63) is 56.6 Å². The maximum absolute atomic E-state index is 12.6. The second-order valence-electron chi connectivity index (χ2n) is 6.14. The van der Waals surface area contributed by atoms with E-state index in [9.17, 15) is 10.1 Å². The Morgan fingerprint density at radius 3 is 2.26 bits per heavy atom. The third-order valence-electron chi connectivity index (χ3n) is 4.05. The first-order chi connectivity index (χ1) is 12.8. The molecule has 0 saturated heterocycles. The van der Waals surface area contributed by atoms with Gasteiger partial charge in [0.2, 0.25) is 0 Å². The van der Waals surface area contributed by atoms with Crippen molar-refractivity contribution in [3.63, 3.8) is 0 Å². The first-order valence-corrected chi connectivity index (χ1v) is 9.02. The van der Waals surface area contributed by atoms with Crippen LogP contribution in [0.4, 0.5) is 5.69 Å². The summed E-state index contributed by atoms with van der Waals surface area (Å²) in [7, 11) is 3.07. The van der Waals surface area contributed by atoms with Gasteiger partial charge in [0, 0.05) is 5.69 Å². The monoisotopic (exact) mass is 428 g/mol. The fourth-order valence-electron chi connectivity index (χ4n) is 2.89. The molecule has 2 aromatic rings. The molecule has 6 heteroatoms. The number of nitriles is 1. The Bertz CT molecular complexity index is 936. The minimum Gasteiger partial charge on any atom is -0.493 e. The number of halogens is 1. The molecule has 0 saturated carbocycles. The van der Waals surface area contributed by atoms with Crippen LogP contribution in [0.3, 0.4) is 0 Å². The zero-order valence-corrected chi connectivity index (χ0v) is 17.5. The van der Waals surface area contributed by atoms with Crippen molar-refractivity contribution < 1.29 is 14.3 Å². The highest BCUT2D eigenvalue weighted by Gasteiger charge is 2.15. The Morgan fingerprint density at radius 1 is 1.11 bits per heavy atom. The first-order valence-electron chi connectivity index (χ1n) is 8.23. The van der Waals surface area contributed by atoms with Crippen LogP contribution in [0, 0.1) is 32.1 Å². The van der Waals surface area contributed by atoms with Gasteiger partial charge in [-0.05, 0) is 71.6 Å². The third-order valence-corrected chi connectivity index (χ3v) is 4.64. The van der Waals surface area contributed by atoms with E-state index in [-0.39, 0.29) is 5.57 Å². The van der Waals surface area contributed by atoms with Crippen molar-refractivity contribution in [3.8, 4) is 17.6 Å². The summed E-state index contributed by atoms with van der Waals surface area (Å²) in [6, 6.07) is 9.41. The summed E-state index contributed by atoms with van der Waals surface area (Å²) in [5.74, 6) is 0.586. The second-order valence-corrected chi connectivity index (χ2v) is 6.99. The predicted molar refractivity (Wildman–Crippen MR) is 110 cm³/mol. The molecule has 1 amide bonds. The smallest absolute Gasteiger partial charge is 0.266 e. The van der Waals surface area contributed by atoms with Gasteiger partial charge in [0.25, 0.3) is 5.91 Å². The summed E-state index contributed by atoms with van der Waals surface area (Å²) in [4.78, 5) is 12.6. The van der Waals surface area contributed by atoms with Crippen LogP contribution >= 0.6 is 15.9 Å². The molecule has 0 bridgehead atoms. The highest BCUT2D eigenvalue weighted by Crippen LogP contribution is 2.36. The van der Waals surface area contributed by atoms with Gasteiger partial charge in [-0.15, -0.1) is 0 Å². The molecule has 0 aromatic heterocycles. The zero-order chi connectivity index (χ0) is 20.1. The Balaban J connectivity index is 2.38. The number of anilines is 1. The van der Waals surface area contributed by atoms with E-state index in [0.29, 0.717) is 21.5 Å².